The lowest BCUT2D eigenvalue weighted by molar-refractivity contribution is -0.152. The molecule has 2 aromatic carbocycles. The second-order valence-electron chi connectivity index (χ2n) is 10.0. The van der Waals surface area contributed by atoms with Crippen LogP contribution in [0.4, 0.5) is 0 Å². The quantitative estimate of drug-likeness (QED) is 0.345. The Morgan fingerprint density at radius 1 is 1.00 bits per heavy atom. The third kappa shape index (κ3) is 4.69. The summed E-state index contributed by atoms with van der Waals surface area (Å²) in [5.74, 6) is 0.701. The number of ether oxygens (including phenoxy) is 1. The second kappa shape index (κ2) is 10.8. The summed E-state index contributed by atoms with van der Waals surface area (Å²) in [5, 5.41) is 0. The maximum absolute atomic E-state index is 13.9. The molecule has 1 aliphatic rings. The van der Waals surface area contributed by atoms with Gasteiger partial charge in [-0.05, 0) is 50.7 Å². The molecular formula is C31H34N4O3. The van der Waals surface area contributed by atoms with E-state index >= 15 is 0 Å². The number of amides is 1. The van der Waals surface area contributed by atoms with Crippen molar-refractivity contribution in [2.45, 2.75) is 51.4 Å². The molecule has 1 amide bonds. The molecule has 1 fully saturated rings. The summed E-state index contributed by atoms with van der Waals surface area (Å²) in [5.41, 5.74) is 4.35. The molecule has 7 nitrogen and oxygen atoms in total. The summed E-state index contributed by atoms with van der Waals surface area (Å²) in [6.07, 6.45) is 3.59. The lowest BCUT2D eigenvalue weighted by atomic mass is 9.71. The van der Waals surface area contributed by atoms with Crippen LogP contribution < -0.4 is 0 Å². The molecule has 5 rings (SSSR count). The first-order valence-electron chi connectivity index (χ1n) is 13.3. The molecule has 0 atom stereocenters. The van der Waals surface area contributed by atoms with E-state index in [1.54, 1.807) is 6.92 Å². The Labute approximate surface area is 223 Å². The molecule has 0 aliphatic carbocycles. The molecule has 0 saturated carbocycles. The van der Waals surface area contributed by atoms with Crippen LogP contribution in [0, 0.1) is 13.8 Å². The molecule has 4 aromatic rings. The average Bonchev–Trinajstić information content (AvgIpc) is 3.35. The van der Waals surface area contributed by atoms with E-state index in [0.29, 0.717) is 13.1 Å². The van der Waals surface area contributed by atoms with E-state index in [0.717, 1.165) is 52.1 Å². The number of benzene rings is 2. The van der Waals surface area contributed by atoms with Gasteiger partial charge in [-0.3, -0.25) is 14.6 Å². The van der Waals surface area contributed by atoms with Crippen molar-refractivity contribution < 1.29 is 14.3 Å². The van der Waals surface area contributed by atoms with Crippen LogP contribution in [-0.2, 0) is 19.7 Å². The fourth-order valence-electron chi connectivity index (χ4n) is 5.71. The minimum atomic E-state index is -1.22. The van der Waals surface area contributed by atoms with Crippen molar-refractivity contribution in [2.75, 3.05) is 19.7 Å². The standard InChI is InChI=1S/C31H34N4O3/c1-4-38-30(37)31(24-11-7-5-8-12-24,25-13-9-6-10-14-25)19-27(36)35-17-15-23(16-18-35)26-20-32-21(2)28-29(26)34-22(3)33-28/h5-14,20,23H,4,15-19H2,1-3H3,(H,33,34). The first kappa shape index (κ1) is 25.6. The van der Waals surface area contributed by atoms with Gasteiger partial charge >= 0.3 is 5.97 Å². The number of pyridine rings is 1. The molecule has 7 heteroatoms. The van der Waals surface area contributed by atoms with Crippen LogP contribution >= 0.6 is 0 Å². The highest BCUT2D eigenvalue weighted by Gasteiger charge is 2.46. The Bertz CT molecular complexity index is 1380. The number of H-pyrrole nitrogens is 1. The number of nitrogens with one attached hydrogen (secondary N) is 1. The van der Waals surface area contributed by atoms with Gasteiger partial charge in [-0.2, -0.15) is 0 Å². The minimum absolute atomic E-state index is 0.0133. The number of carbonyl (C=O) groups excluding carboxylic acids is 2. The Morgan fingerprint density at radius 2 is 1.61 bits per heavy atom. The van der Waals surface area contributed by atoms with E-state index in [2.05, 4.69) is 9.97 Å². The van der Waals surface area contributed by atoms with Gasteiger partial charge in [-0.25, -0.2) is 4.98 Å². The second-order valence-corrected chi connectivity index (χ2v) is 10.0. The maximum atomic E-state index is 13.9. The van der Waals surface area contributed by atoms with Crippen LogP contribution in [0.2, 0.25) is 0 Å². The predicted octanol–water partition coefficient (Wildman–Crippen LogP) is 5.22. The molecule has 0 spiro atoms. The largest absolute Gasteiger partial charge is 0.465 e. The van der Waals surface area contributed by atoms with Gasteiger partial charge in [0.1, 0.15) is 11.2 Å². The van der Waals surface area contributed by atoms with E-state index in [-0.39, 0.29) is 24.9 Å². The highest BCUT2D eigenvalue weighted by molar-refractivity contribution is 5.94. The number of imidazole rings is 1. The van der Waals surface area contributed by atoms with Crippen molar-refractivity contribution in [1.82, 2.24) is 19.9 Å². The van der Waals surface area contributed by atoms with Crippen molar-refractivity contribution in [3.05, 3.63) is 95.1 Å². The smallest absolute Gasteiger partial charge is 0.321 e. The number of rotatable bonds is 7. The third-order valence-electron chi connectivity index (χ3n) is 7.72. The molecule has 0 bridgehead atoms. The van der Waals surface area contributed by atoms with Gasteiger partial charge in [-0.15, -0.1) is 0 Å². The number of nitrogens with zero attached hydrogens (tertiary/aromatic N) is 3. The number of esters is 1. The van der Waals surface area contributed by atoms with Gasteiger partial charge in [0.15, 0.2) is 0 Å². The van der Waals surface area contributed by atoms with Gasteiger partial charge in [0.05, 0.1) is 29.8 Å². The van der Waals surface area contributed by atoms with Crippen molar-refractivity contribution in [3.8, 4) is 0 Å². The van der Waals surface area contributed by atoms with Crippen molar-refractivity contribution in [1.29, 1.82) is 0 Å². The molecule has 1 aliphatic heterocycles. The Hall–Kier alpha value is -4.00. The molecule has 2 aromatic heterocycles. The van der Waals surface area contributed by atoms with E-state index in [9.17, 15) is 9.59 Å². The van der Waals surface area contributed by atoms with Crippen LogP contribution in [-0.4, -0.2) is 51.4 Å². The highest BCUT2D eigenvalue weighted by Crippen LogP contribution is 2.39. The van der Waals surface area contributed by atoms with E-state index in [1.165, 1.54) is 0 Å². The SMILES string of the molecule is CCOC(=O)C(CC(=O)N1CCC(c2cnc(C)c3[nH]c(C)nc23)CC1)(c1ccccc1)c1ccccc1. The van der Waals surface area contributed by atoms with Crippen LogP contribution in [0.15, 0.2) is 66.9 Å². The molecule has 0 radical (unpaired) electrons. The van der Waals surface area contributed by atoms with Crippen molar-refractivity contribution in [3.63, 3.8) is 0 Å². The summed E-state index contributed by atoms with van der Waals surface area (Å²) in [7, 11) is 0. The lowest BCUT2D eigenvalue weighted by Crippen LogP contribution is -2.46. The van der Waals surface area contributed by atoms with Gasteiger partial charge in [-0.1, -0.05) is 60.7 Å². The number of carbonyl (C=O) groups is 2. The number of aryl methyl sites for hydroxylation is 2. The lowest BCUT2D eigenvalue weighted by Gasteiger charge is -2.37. The Kier molecular flexibility index (Phi) is 7.27. The van der Waals surface area contributed by atoms with Gasteiger partial charge in [0.2, 0.25) is 5.91 Å². The summed E-state index contributed by atoms with van der Waals surface area (Å²) < 4.78 is 5.61. The van der Waals surface area contributed by atoms with Gasteiger partial charge in [0.25, 0.3) is 0 Å². The zero-order valence-electron chi connectivity index (χ0n) is 22.2. The number of piperidine rings is 1. The molecule has 38 heavy (non-hydrogen) atoms. The third-order valence-corrected chi connectivity index (χ3v) is 7.72. The van der Waals surface area contributed by atoms with Crippen LogP contribution in [0.5, 0.6) is 0 Å². The van der Waals surface area contributed by atoms with E-state index in [4.69, 9.17) is 9.72 Å². The molecule has 3 heterocycles. The molecule has 0 unspecified atom stereocenters. The van der Waals surface area contributed by atoms with Crippen molar-refractivity contribution >= 4 is 22.9 Å². The zero-order chi connectivity index (χ0) is 26.7. The number of fused-ring (bicyclic) bond motifs is 1. The Morgan fingerprint density at radius 3 is 2.18 bits per heavy atom. The monoisotopic (exact) mass is 510 g/mol. The molecule has 1 saturated heterocycles. The molecule has 196 valence electrons. The fourth-order valence-corrected chi connectivity index (χ4v) is 5.71. The normalized spacial score (nSPS) is 14.6. The van der Waals surface area contributed by atoms with Gasteiger partial charge in [0, 0.05) is 24.8 Å². The highest BCUT2D eigenvalue weighted by atomic mass is 16.5. The van der Waals surface area contributed by atoms with Crippen LogP contribution in [0.25, 0.3) is 11.0 Å². The summed E-state index contributed by atoms with van der Waals surface area (Å²) in [6, 6.07) is 19.0. The summed E-state index contributed by atoms with van der Waals surface area (Å²) in [4.78, 5) is 42.1. The number of aromatic amines is 1. The first-order chi connectivity index (χ1) is 18.4. The van der Waals surface area contributed by atoms with Crippen LogP contribution in [0.3, 0.4) is 0 Å². The Balaban J connectivity index is 1.41. The number of hydrogen-bond acceptors (Lipinski definition) is 5. The minimum Gasteiger partial charge on any atom is -0.465 e. The van der Waals surface area contributed by atoms with Gasteiger partial charge < -0.3 is 14.6 Å². The van der Waals surface area contributed by atoms with Crippen molar-refractivity contribution in [2.24, 2.45) is 0 Å². The average molecular weight is 511 g/mol. The predicted molar refractivity (Wildman–Crippen MR) is 147 cm³/mol. The topological polar surface area (TPSA) is 88.2 Å². The number of hydrogen-bond donors (Lipinski definition) is 1. The fraction of sp³-hybridized carbons (Fsp3) is 0.355. The molecular weight excluding hydrogens is 476 g/mol. The van der Waals surface area contributed by atoms with Crippen LogP contribution in [0.1, 0.15) is 60.3 Å². The summed E-state index contributed by atoms with van der Waals surface area (Å²) in [6.45, 7) is 7.21. The van der Waals surface area contributed by atoms with E-state index < -0.39 is 11.4 Å². The van der Waals surface area contributed by atoms with E-state index in [1.807, 2.05) is 85.6 Å². The number of aromatic nitrogens is 3. The number of likely N-dealkylation sites (tertiary alicyclic amines) is 1. The summed E-state index contributed by atoms with van der Waals surface area (Å²) >= 11 is 0. The first-order valence-corrected chi connectivity index (χ1v) is 13.3. The zero-order valence-corrected chi connectivity index (χ0v) is 22.2. The maximum Gasteiger partial charge on any atom is 0.321 e. The molecule has 1 N–H and O–H groups in total.